The molecule has 2 heterocycles. The second-order valence-corrected chi connectivity index (χ2v) is 7.86. The molecule has 3 aromatic rings. The van der Waals surface area contributed by atoms with Crippen LogP contribution in [0.3, 0.4) is 0 Å². The molecule has 0 spiro atoms. The second-order valence-electron chi connectivity index (χ2n) is 6.75. The van der Waals surface area contributed by atoms with Crippen molar-refractivity contribution in [3.63, 3.8) is 0 Å². The molecule has 1 aliphatic rings. The molecule has 1 fully saturated rings. The van der Waals surface area contributed by atoms with Gasteiger partial charge in [-0.15, -0.1) is 11.3 Å². The van der Waals surface area contributed by atoms with Gasteiger partial charge in [0.2, 0.25) is 0 Å². The standard InChI is InChI=1S/C20H20N4O4S/c25-20(14-28-17-7-3-2-6-16(17)24(26)27)23-11-9-22(10-12-23)13-19-21-15-5-1-4-8-18(15)29-19/h1-8H,9-14H2. The number of rotatable bonds is 6. The summed E-state index contributed by atoms with van der Waals surface area (Å²) >= 11 is 1.70. The zero-order chi connectivity index (χ0) is 20.2. The van der Waals surface area contributed by atoms with Crippen LogP contribution < -0.4 is 4.74 Å². The van der Waals surface area contributed by atoms with Crippen molar-refractivity contribution in [2.24, 2.45) is 0 Å². The number of carbonyl (C=O) groups excluding carboxylic acids is 1. The summed E-state index contributed by atoms with van der Waals surface area (Å²) in [5, 5.41) is 12.1. The minimum absolute atomic E-state index is 0.111. The molecule has 0 aliphatic carbocycles. The Morgan fingerprint density at radius 2 is 1.83 bits per heavy atom. The Bertz CT molecular complexity index is 997. The maximum absolute atomic E-state index is 12.4. The number of nitro groups is 1. The van der Waals surface area contributed by atoms with Crippen LogP contribution in [0.25, 0.3) is 10.2 Å². The summed E-state index contributed by atoms with van der Waals surface area (Å²) in [6.45, 7) is 3.28. The van der Waals surface area contributed by atoms with Gasteiger partial charge in [-0.1, -0.05) is 24.3 Å². The summed E-state index contributed by atoms with van der Waals surface area (Å²) in [5.41, 5.74) is 0.884. The van der Waals surface area contributed by atoms with Gasteiger partial charge in [-0.2, -0.15) is 0 Å². The minimum atomic E-state index is -0.513. The fourth-order valence-electron chi connectivity index (χ4n) is 3.30. The number of hydrogen-bond acceptors (Lipinski definition) is 7. The zero-order valence-electron chi connectivity index (χ0n) is 15.7. The molecule has 2 aromatic carbocycles. The van der Waals surface area contributed by atoms with Gasteiger partial charge in [0.25, 0.3) is 5.91 Å². The Morgan fingerprint density at radius 3 is 2.59 bits per heavy atom. The zero-order valence-corrected chi connectivity index (χ0v) is 16.5. The van der Waals surface area contributed by atoms with E-state index in [0.29, 0.717) is 13.1 Å². The highest BCUT2D eigenvalue weighted by atomic mass is 32.1. The maximum Gasteiger partial charge on any atom is 0.310 e. The Labute approximate surface area is 171 Å². The molecular formula is C20H20N4O4S. The number of ether oxygens (including phenoxy) is 1. The van der Waals surface area contributed by atoms with Gasteiger partial charge in [0, 0.05) is 32.2 Å². The number of carbonyl (C=O) groups is 1. The van der Waals surface area contributed by atoms with E-state index in [9.17, 15) is 14.9 Å². The van der Waals surface area contributed by atoms with Gasteiger partial charge in [-0.25, -0.2) is 4.98 Å². The van der Waals surface area contributed by atoms with E-state index < -0.39 is 4.92 Å². The van der Waals surface area contributed by atoms with Gasteiger partial charge in [-0.05, 0) is 18.2 Å². The lowest BCUT2D eigenvalue weighted by Crippen LogP contribution is -2.49. The van der Waals surface area contributed by atoms with E-state index in [2.05, 4.69) is 16.0 Å². The summed E-state index contributed by atoms with van der Waals surface area (Å²) in [7, 11) is 0. The maximum atomic E-state index is 12.4. The molecule has 0 atom stereocenters. The number of piperazine rings is 1. The predicted octanol–water partition coefficient (Wildman–Crippen LogP) is 2.93. The average Bonchev–Trinajstić information content (AvgIpc) is 3.15. The van der Waals surface area contributed by atoms with Crippen LogP contribution in [-0.4, -0.2) is 58.4 Å². The number of hydrogen-bond donors (Lipinski definition) is 0. The van der Waals surface area contributed by atoms with E-state index in [1.54, 1.807) is 28.4 Å². The monoisotopic (exact) mass is 412 g/mol. The first kappa shape index (κ1) is 19.3. The summed E-state index contributed by atoms with van der Waals surface area (Å²) in [5.74, 6) is -0.0527. The smallest absolute Gasteiger partial charge is 0.310 e. The topological polar surface area (TPSA) is 88.8 Å². The SMILES string of the molecule is O=C(COc1ccccc1[N+](=O)[O-])N1CCN(Cc2nc3ccccc3s2)CC1. The van der Waals surface area contributed by atoms with Gasteiger partial charge >= 0.3 is 5.69 Å². The third kappa shape index (κ3) is 4.52. The van der Waals surface area contributed by atoms with Crippen molar-refractivity contribution in [1.82, 2.24) is 14.8 Å². The van der Waals surface area contributed by atoms with E-state index in [0.717, 1.165) is 30.2 Å². The molecule has 1 aliphatic heterocycles. The van der Waals surface area contributed by atoms with Crippen LogP contribution in [0.4, 0.5) is 5.69 Å². The van der Waals surface area contributed by atoms with Crippen LogP contribution >= 0.6 is 11.3 Å². The van der Waals surface area contributed by atoms with Crippen LogP contribution in [0.15, 0.2) is 48.5 Å². The Kier molecular flexibility index (Phi) is 5.68. The van der Waals surface area contributed by atoms with Crippen molar-refractivity contribution >= 4 is 33.1 Å². The molecule has 0 radical (unpaired) electrons. The van der Waals surface area contributed by atoms with Gasteiger partial charge in [0.05, 0.1) is 21.7 Å². The largest absolute Gasteiger partial charge is 0.477 e. The third-order valence-electron chi connectivity index (χ3n) is 4.84. The van der Waals surface area contributed by atoms with Crippen molar-refractivity contribution in [2.45, 2.75) is 6.54 Å². The average molecular weight is 412 g/mol. The van der Waals surface area contributed by atoms with Gasteiger partial charge in [0.15, 0.2) is 12.4 Å². The molecule has 1 saturated heterocycles. The molecule has 8 nitrogen and oxygen atoms in total. The second kappa shape index (κ2) is 8.54. The van der Waals surface area contributed by atoms with E-state index in [-0.39, 0.29) is 24.0 Å². The molecule has 4 rings (SSSR count). The summed E-state index contributed by atoms with van der Waals surface area (Å²) in [6, 6.07) is 14.2. The quantitative estimate of drug-likeness (QED) is 0.457. The highest BCUT2D eigenvalue weighted by Crippen LogP contribution is 2.26. The number of nitrogens with zero attached hydrogens (tertiary/aromatic N) is 4. The van der Waals surface area contributed by atoms with Crippen molar-refractivity contribution in [1.29, 1.82) is 0 Å². The van der Waals surface area contributed by atoms with Crippen LogP contribution in [0.5, 0.6) is 5.75 Å². The lowest BCUT2D eigenvalue weighted by Gasteiger charge is -2.34. The third-order valence-corrected chi connectivity index (χ3v) is 5.86. The van der Waals surface area contributed by atoms with E-state index in [4.69, 9.17) is 4.74 Å². The predicted molar refractivity (Wildman–Crippen MR) is 110 cm³/mol. The highest BCUT2D eigenvalue weighted by Gasteiger charge is 2.23. The molecule has 1 amide bonds. The molecule has 29 heavy (non-hydrogen) atoms. The number of para-hydroxylation sites is 3. The molecule has 9 heteroatoms. The van der Waals surface area contributed by atoms with E-state index >= 15 is 0 Å². The van der Waals surface area contributed by atoms with Crippen LogP contribution in [0, 0.1) is 10.1 Å². The van der Waals surface area contributed by atoms with Crippen LogP contribution in [0.1, 0.15) is 5.01 Å². The lowest BCUT2D eigenvalue weighted by atomic mass is 10.3. The number of fused-ring (bicyclic) bond motifs is 1. The number of aromatic nitrogens is 1. The number of thiazole rings is 1. The van der Waals surface area contributed by atoms with Crippen molar-refractivity contribution in [3.05, 3.63) is 63.7 Å². The molecular weight excluding hydrogens is 392 g/mol. The van der Waals surface area contributed by atoms with E-state index in [1.165, 1.54) is 16.8 Å². The lowest BCUT2D eigenvalue weighted by molar-refractivity contribution is -0.385. The summed E-state index contributed by atoms with van der Waals surface area (Å²) < 4.78 is 6.60. The Balaban J connectivity index is 1.28. The fraction of sp³-hybridized carbons (Fsp3) is 0.300. The number of nitro benzene ring substituents is 1. The van der Waals surface area contributed by atoms with Crippen molar-refractivity contribution in [3.8, 4) is 5.75 Å². The number of amides is 1. The summed E-state index contributed by atoms with van der Waals surface area (Å²) in [4.78, 5) is 31.6. The van der Waals surface area contributed by atoms with E-state index in [1.807, 2.05) is 18.2 Å². The molecule has 150 valence electrons. The van der Waals surface area contributed by atoms with Crippen molar-refractivity contribution in [2.75, 3.05) is 32.8 Å². The van der Waals surface area contributed by atoms with Crippen LogP contribution in [0.2, 0.25) is 0 Å². The van der Waals surface area contributed by atoms with Crippen LogP contribution in [-0.2, 0) is 11.3 Å². The minimum Gasteiger partial charge on any atom is -0.477 e. The fourth-order valence-corrected chi connectivity index (χ4v) is 4.30. The normalized spacial score (nSPS) is 14.8. The first-order valence-electron chi connectivity index (χ1n) is 9.31. The number of benzene rings is 2. The van der Waals surface area contributed by atoms with Crippen molar-refractivity contribution < 1.29 is 14.5 Å². The van der Waals surface area contributed by atoms with Gasteiger partial charge in [0.1, 0.15) is 5.01 Å². The Hall–Kier alpha value is -3.04. The van der Waals surface area contributed by atoms with Gasteiger partial charge in [-0.3, -0.25) is 19.8 Å². The van der Waals surface area contributed by atoms with Gasteiger partial charge < -0.3 is 9.64 Å². The first-order chi connectivity index (χ1) is 14.1. The molecule has 0 saturated carbocycles. The first-order valence-corrected chi connectivity index (χ1v) is 10.1. The summed E-state index contributed by atoms with van der Waals surface area (Å²) in [6.07, 6.45) is 0. The molecule has 0 N–H and O–H groups in total. The highest BCUT2D eigenvalue weighted by molar-refractivity contribution is 7.18. The molecule has 0 bridgehead atoms. The molecule has 1 aromatic heterocycles. The Morgan fingerprint density at radius 1 is 1.10 bits per heavy atom. The molecule has 0 unspecified atom stereocenters.